The molecule has 1 aromatic heterocycles. The standard InChI is InChI=1S/C17H26N4O3/c1-10(2)7-14(22)18-16(11(3)4)17(24)21-6-5-13-12(9-21)8-15(23)20-19-13/h8,10-11,16H,5-7,9H2,1-4H3,(H,18,22)(H,20,23)/t16-/m1/s1. The maximum absolute atomic E-state index is 12.9. The van der Waals surface area contributed by atoms with Gasteiger partial charge in [0.1, 0.15) is 6.04 Å². The summed E-state index contributed by atoms with van der Waals surface area (Å²) in [5.74, 6) is 0.0282. The van der Waals surface area contributed by atoms with E-state index in [2.05, 4.69) is 15.5 Å². The van der Waals surface area contributed by atoms with Gasteiger partial charge in [-0.15, -0.1) is 0 Å². The highest BCUT2D eigenvalue weighted by Crippen LogP contribution is 2.17. The van der Waals surface area contributed by atoms with E-state index in [0.29, 0.717) is 25.9 Å². The van der Waals surface area contributed by atoms with Crippen LogP contribution in [0.4, 0.5) is 0 Å². The van der Waals surface area contributed by atoms with Crippen molar-refractivity contribution in [3.8, 4) is 0 Å². The molecule has 0 saturated heterocycles. The molecule has 0 bridgehead atoms. The largest absolute Gasteiger partial charge is 0.344 e. The Morgan fingerprint density at radius 3 is 2.67 bits per heavy atom. The number of nitrogens with one attached hydrogen (secondary N) is 2. The lowest BCUT2D eigenvalue weighted by Crippen LogP contribution is -2.52. The summed E-state index contributed by atoms with van der Waals surface area (Å²) >= 11 is 0. The first kappa shape index (κ1) is 18.2. The Morgan fingerprint density at radius 1 is 1.33 bits per heavy atom. The van der Waals surface area contributed by atoms with Gasteiger partial charge >= 0.3 is 0 Å². The number of fused-ring (bicyclic) bond motifs is 1. The highest BCUT2D eigenvalue weighted by Gasteiger charge is 2.31. The van der Waals surface area contributed by atoms with Gasteiger partial charge in [0.15, 0.2) is 0 Å². The van der Waals surface area contributed by atoms with Crippen LogP contribution in [0, 0.1) is 11.8 Å². The van der Waals surface area contributed by atoms with Gasteiger partial charge in [0, 0.05) is 37.6 Å². The second kappa shape index (κ2) is 7.59. The molecule has 1 aliphatic heterocycles. The van der Waals surface area contributed by atoms with Crippen molar-refractivity contribution in [3.63, 3.8) is 0 Å². The lowest BCUT2D eigenvalue weighted by atomic mass is 9.99. The third-order valence-corrected chi connectivity index (χ3v) is 4.11. The highest BCUT2D eigenvalue weighted by atomic mass is 16.2. The van der Waals surface area contributed by atoms with Crippen LogP contribution in [0.3, 0.4) is 0 Å². The third kappa shape index (κ3) is 4.43. The van der Waals surface area contributed by atoms with Crippen LogP contribution >= 0.6 is 0 Å². The molecule has 0 aliphatic carbocycles. The number of hydrogen-bond donors (Lipinski definition) is 2. The zero-order valence-electron chi connectivity index (χ0n) is 14.8. The van der Waals surface area contributed by atoms with Gasteiger partial charge in [-0.1, -0.05) is 27.7 Å². The molecule has 1 aromatic rings. The predicted molar refractivity (Wildman–Crippen MR) is 90.2 cm³/mol. The Labute approximate surface area is 141 Å². The Balaban J connectivity index is 2.10. The number of nitrogens with zero attached hydrogens (tertiary/aromatic N) is 2. The summed E-state index contributed by atoms with van der Waals surface area (Å²) in [4.78, 5) is 38.0. The molecule has 0 aromatic carbocycles. The van der Waals surface area contributed by atoms with E-state index in [1.54, 1.807) is 4.90 Å². The first-order valence-corrected chi connectivity index (χ1v) is 8.43. The topological polar surface area (TPSA) is 95.2 Å². The van der Waals surface area contributed by atoms with Crippen LogP contribution < -0.4 is 10.9 Å². The second-order valence-electron chi connectivity index (χ2n) is 7.10. The number of amides is 2. The van der Waals surface area contributed by atoms with Gasteiger partial charge in [0.25, 0.3) is 5.56 Å². The van der Waals surface area contributed by atoms with Crippen LogP contribution in [0.2, 0.25) is 0 Å². The van der Waals surface area contributed by atoms with Crippen LogP contribution in [0.1, 0.15) is 45.4 Å². The molecule has 2 N–H and O–H groups in total. The van der Waals surface area contributed by atoms with E-state index < -0.39 is 6.04 Å². The van der Waals surface area contributed by atoms with Gasteiger partial charge in [-0.3, -0.25) is 14.4 Å². The molecular formula is C17H26N4O3. The molecular weight excluding hydrogens is 308 g/mol. The van der Waals surface area contributed by atoms with Crippen molar-refractivity contribution in [2.45, 2.75) is 53.1 Å². The Hall–Kier alpha value is -2.18. The molecule has 7 heteroatoms. The van der Waals surface area contributed by atoms with E-state index in [-0.39, 0.29) is 29.2 Å². The first-order chi connectivity index (χ1) is 11.3. The van der Waals surface area contributed by atoms with Crippen LogP contribution in [0.15, 0.2) is 10.9 Å². The summed E-state index contributed by atoms with van der Waals surface area (Å²) in [6, 6.07) is 0.941. The minimum absolute atomic E-state index is 0.00712. The SMILES string of the molecule is CC(C)CC(=O)N[C@@H](C(=O)N1CCc2n[nH]c(=O)cc2C1)C(C)C. The molecule has 7 nitrogen and oxygen atoms in total. The molecule has 1 aliphatic rings. The quantitative estimate of drug-likeness (QED) is 0.834. The fraction of sp³-hybridized carbons (Fsp3) is 0.647. The monoisotopic (exact) mass is 334 g/mol. The van der Waals surface area contributed by atoms with E-state index in [4.69, 9.17) is 0 Å². The number of hydrogen-bond acceptors (Lipinski definition) is 4. The van der Waals surface area contributed by atoms with Crippen molar-refractivity contribution >= 4 is 11.8 Å². The van der Waals surface area contributed by atoms with Crippen molar-refractivity contribution in [2.75, 3.05) is 6.54 Å². The molecule has 2 rings (SSSR count). The Bertz CT molecular complexity index is 666. The normalized spacial score (nSPS) is 15.3. The lowest BCUT2D eigenvalue weighted by Gasteiger charge is -2.32. The second-order valence-corrected chi connectivity index (χ2v) is 7.10. The summed E-state index contributed by atoms with van der Waals surface area (Å²) in [5, 5.41) is 9.32. The van der Waals surface area contributed by atoms with Gasteiger partial charge in [0.2, 0.25) is 11.8 Å². The summed E-state index contributed by atoms with van der Waals surface area (Å²) < 4.78 is 0. The zero-order valence-corrected chi connectivity index (χ0v) is 14.8. The Morgan fingerprint density at radius 2 is 2.04 bits per heavy atom. The van der Waals surface area contributed by atoms with Crippen LogP contribution in [-0.2, 0) is 22.6 Å². The molecule has 132 valence electrons. The third-order valence-electron chi connectivity index (χ3n) is 4.11. The Kier molecular flexibility index (Phi) is 5.75. The maximum Gasteiger partial charge on any atom is 0.264 e. The molecule has 0 unspecified atom stereocenters. The summed E-state index contributed by atoms with van der Waals surface area (Å²) in [7, 11) is 0. The number of carbonyl (C=O) groups is 2. The van der Waals surface area contributed by atoms with Gasteiger partial charge in [-0.2, -0.15) is 5.10 Å². The molecule has 0 fully saturated rings. The first-order valence-electron chi connectivity index (χ1n) is 8.43. The lowest BCUT2D eigenvalue weighted by molar-refractivity contribution is -0.138. The molecule has 2 heterocycles. The fourth-order valence-corrected chi connectivity index (χ4v) is 2.85. The summed E-state index contributed by atoms with van der Waals surface area (Å²) in [6.07, 6.45) is 1.00. The van der Waals surface area contributed by atoms with Crippen LogP contribution in [0.25, 0.3) is 0 Å². The van der Waals surface area contributed by atoms with Gasteiger partial charge < -0.3 is 10.2 Å². The highest BCUT2D eigenvalue weighted by molar-refractivity contribution is 5.88. The van der Waals surface area contributed by atoms with Crippen LogP contribution in [0.5, 0.6) is 0 Å². The van der Waals surface area contributed by atoms with E-state index in [1.807, 2.05) is 27.7 Å². The fourth-order valence-electron chi connectivity index (χ4n) is 2.85. The summed E-state index contributed by atoms with van der Waals surface area (Å²) in [5.41, 5.74) is 1.33. The van der Waals surface area contributed by atoms with Crippen LogP contribution in [-0.4, -0.2) is 39.5 Å². The summed E-state index contributed by atoms with van der Waals surface area (Å²) in [6.45, 7) is 8.67. The molecule has 24 heavy (non-hydrogen) atoms. The number of aromatic nitrogens is 2. The van der Waals surface area contributed by atoms with Crippen molar-refractivity contribution in [2.24, 2.45) is 11.8 Å². The van der Waals surface area contributed by atoms with Crippen molar-refractivity contribution in [1.82, 2.24) is 20.4 Å². The van der Waals surface area contributed by atoms with E-state index in [1.165, 1.54) is 6.07 Å². The van der Waals surface area contributed by atoms with Crippen molar-refractivity contribution in [3.05, 3.63) is 27.7 Å². The van der Waals surface area contributed by atoms with Crippen molar-refractivity contribution in [1.29, 1.82) is 0 Å². The van der Waals surface area contributed by atoms with Gasteiger partial charge in [-0.05, 0) is 11.8 Å². The average molecular weight is 334 g/mol. The van der Waals surface area contributed by atoms with E-state index in [9.17, 15) is 14.4 Å². The predicted octanol–water partition coefficient (Wildman–Crippen LogP) is 0.841. The van der Waals surface area contributed by atoms with Gasteiger partial charge in [-0.25, -0.2) is 5.10 Å². The zero-order chi connectivity index (χ0) is 17.9. The molecule has 2 amide bonds. The smallest absolute Gasteiger partial charge is 0.264 e. The van der Waals surface area contributed by atoms with Crippen molar-refractivity contribution < 1.29 is 9.59 Å². The number of H-pyrrole nitrogens is 1. The molecule has 0 saturated carbocycles. The number of rotatable bonds is 5. The van der Waals surface area contributed by atoms with Gasteiger partial charge in [0.05, 0.1) is 5.69 Å². The van der Waals surface area contributed by atoms with E-state index in [0.717, 1.165) is 11.3 Å². The average Bonchev–Trinajstić information content (AvgIpc) is 2.50. The molecule has 1 atom stereocenters. The maximum atomic E-state index is 12.9. The molecule has 0 spiro atoms. The molecule has 0 radical (unpaired) electrons. The minimum atomic E-state index is -0.548. The number of aromatic amines is 1. The number of carbonyl (C=O) groups excluding carboxylic acids is 2. The minimum Gasteiger partial charge on any atom is -0.344 e. The van der Waals surface area contributed by atoms with E-state index >= 15 is 0 Å².